The number of nitrogens with zero attached hydrogens (tertiary/aromatic N) is 3. The minimum atomic E-state index is -0.109. The average Bonchev–Trinajstić information content (AvgIpc) is 3.80. The summed E-state index contributed by atoms with van der Waals surface area (Å²) in [7, 11) is 0. The van der Waals surface area contributed by atoms with E-state index in [9.17, 15) is 0 Å². The second kappa shape index (κ2) is 10.6. The lowest BCUT2D eigenvalue weighted by Crippen LogP contribution is -2.15. The SMILES string of the molecule is CC1(C)c2ccccc2-c2c1c1sc3c(c1c1c2c2ccccc2n1-c1cccc(-c2nc(-c4ccccc4)c4ccccc4n2)c1)CCC=C3. The Morgan fingerprint density at radius 2 is 1.47 bits per heavy atom. The molecule has 11 rings (SSSR count). The minimum Gasteiger partial charge on any atom is -0.309 e. The van der Waals surface area contributed by atoms with Crippen molar-refractivity contribution < 1.29 is 0 Å². The molecule has 3 heterocycles. The molecule has 0 radical (unpaired) electrons. The molecule has 0 atom stereocenters. The van der Waals surface area contributed by atoms with Crippen molar-refractivity contribution in [1.29, 1.82) is 0 Å². The van der Waals surface area contributed by atoms with Gasteiger partial charge >= 0.3 is 0 Å². The van der Waals surface area contributed by atoms with Gasteiger partial charge in [0.15, 0.2) is 5.82 Å². The van der Waals surface area contributed by atoms with E-state index in [1.54, 1.807) is 0 Å². The van der Waals surface area contributed by atoms with E-state index in [0.717, 1.165) is 52.1 Å². The highest BCUT2D eigenvalue weighted by atomic mass is 32.1. The zero-order chi connectivity index (χ0) is 33.8. The summed E-state index contributed by atoms with van der Waals surface area (Å²) in [4.78, 5) is 11.8. The van der Waals surface area contributed by atoms with Crippen LogP contribution in [0.3, 0.4) is 0 Å². The van der Waals surface area contributed by atoms with Gasteiger partial charge in [-0.3, -0.25) is 0 Å². The van der Waals surface area contributed by atoms with Crippen LogP contribution in [0.1, 0.15) is 41.8 Å². The molecule has 0 saturated carbocycles. The number of rotatable bonds is 3. The van der Waals surface area contributed by atoms with Crippen LogP contribution in [-0.4, -0.2) is 14.5 Å². The Hall–Kier alpha value is -5.84. The lowest BCUT2D eigenvalue weighted by molar-refractivity contribution is 0.667. The van der Waals surface area contributed by atoms with Gasteiger partial charge in [-0.2, -0.15) is 0 Å². The number of hydrogen-bond donors (Lipinski definition) is 0. The average molecular weight is 672 g/mol. The topological polar surface area (TPSA) is 30.7 Å². The number of aromatic nitrogens is 3. The van der Waals surface area contributed by atoms with Gasteiger partial charge in [0.25, 0.3) is 0 Å². The highest BCUT2D eigenvalue weighted by Gasteiger charge is 2.41. The quantitative estimate of drug-likeness (QED) is 0.187. The summed E-state index contributed by atoms with van der Waals surface area (Å²) in [6.45, 7) is 4.85. The maximum absolute atomic E-state index is 5.25. The van der Waals surface area contributed by atoms with E-state index in [2.05, 4.69) is 158 Å². The minimum absolute atomic E-state index is 0.109. The summed E-state index contributed by atoms with van der Waals surface area (Å²) in [5.41, 5.74) is 14.7. The molecular formula is C47H33N3S. The molecule has 0 spiro atoms. The number of benzene rings is 6. The van der Waals surface area contributed by atoms with Gasteiger partial charge in [-0.15, -0.1) is 11.3 Å². The van der Waals surface area contributed by atoms with E-state index >= 15 is 0 Å². The fraction of sp³-hybridized carbons (Fsp3) is 0.106. The first-order valence-corrected chi connectivity index (χ1v) is 18.6. The van der Waals surface area contributed by atoms with Gasteiger partial charge in [0.1, 0.15) is 0 Å². The molecule has 3 nitrogen and oxygen atoms in total. The summed E-state index contributed by atoms with van der Waals surface area (Å²) < 4.78 is 3.97. The van der Waals surface area contributed by atoms with Crippen LogP contribution < -0.4 is 0 Å². The third-order valence-electron chi connectivity index (χ3n) is 11.2. The highest BCUT2D eigenvalue weighted by Crippen LogP contribution is 2.59. The molecule has 0 saturated heterocycles. The summed E-state index contributed by atoms with van der Waals surface area (Å²) in [6, 6.07) is 45.8. The molecular weight excluding hydrogens is 639 g/mol. The van der Waals surface area contributed by atoms with Gasteiger partial charge in [-0.1, -0.05) is 123 Å². The molecule has 0 aliphatic heterocycles. The van der Waals surface area contributed by atoms with Crippen molar-refractivity contribution in [2.45, 2.75) is 32.1 Å². The van der Waals surface area contributed by atoms with Crippen molar-refractivity contribution in [3.05, 3.63) is 155 Å². The lowest BCUT2D eigenvalue weighted by Gasteiger charge is -2.23. The lowest BCUT2D eigenvalue weighted by atomic mass is 9.81. The third kappa shape index (κ3) is 4.00. The van der Waals surface area contributed by atoms with Crippen molar-refractivity contribution in [2.24, 2.45) is 0 Å². The van der Waals surface area contributed by atoms with Crippen LogP contribution in [0, 0.1) is 0 Å². The molecule has 2 aliphatic carbocycles. The summed E-state index contributed by atoms with van der Waals surface area (Å²) >= 11 is 1.99. The summed E-state index contributed by atoms with van der Waals surface area (Å²) in [5.74, 6) is 0.731. The second-order valence-corrected chi connectivity index (χ2v) is 15.5. The Kier molecular flexibility index (Phi) is 6.01. The molecule has 9 aromatic rings. The van der Waals surface area contributed by atoms with Crippen molar-refractivity contribution in [3.8, 4) is 39.5 Å². The molecule has 0 N–H and O–H groups in total. The van der Waals surface area contributed by atoms with Crippen molar-refractivity contribution in [2.75, 3.05) is 0 Å². The van der Waals surface area contributed by atoms with Crippen LogP contribution in [-0.2, 0) is 11.8 Å². The van der Waals surface area contributed by atoms with Crippen LogP contribution in [0.5, 0.6) is 0 Å². The van der Waals surface area contributed by atoms with Gasteiger partial charge in [0.2, 0.25) is 0 Å². The van der Waals surface area contributed by atoms with Gasteiger partial charge in [-0.05, 0) is 71.0 Å². The highest BCUT2D eigenvalue weighted by molar-refractivity contribution is 7.20. The Labute approximate surface area is 300 Å². The van der Waals surface area contributed by atoms with E-state index in [0.29, 0.717) is 0 Å². The number of thiophene rings is 1. The number of para-hydroxylation sites is 2. The predicted octanol–water partition coefficient (Wildman–Crippen LogP) is 12.5. The number of allylic oxidation sites excluding steroid dienone is 1. The maximum Gasteiger partial charge on any atom is 0.160 e. The van der Waals surface area contributed by atoms with Gasteiger partial charge < -0.3 is 4.57 Å². The van der Waals surface area contributed by atoms with Gasteiger partial charge in [-0.25, -0.2) is 9.97 Å². The first-order chi connectivity index (χ1) is 25.1. The molecule has 0 amide bonds. The van der Waals surface area contributed by atoms with Crippen LogP contribution in [0.15, 0.2) is 133 Å². The van der Waals surface area contributed by atoms with E-state index in [4.69, 9.17) is 9.97 Å². The first-order valence-electron chi connectivity index (χ1n) is 17.8. The van der Waals surface area contributed by atoms with Crippen LogP contribution >= 0.6 is 11.3 Å². The van der Waals surface area contributed by atoms with E-state index in [-0.39, 0.29) is 5.41 Å². The normalized spacial score (nSPS) is 14.4. The van der Waals surface area contributed by atoms with E-state index < -0.39 is 0 Å². The number of fused-ring (bicyclic) bond motifs is 13. The van der Waals surface area contributed by atoms with Crippen molar-refractivity contribution >= 4 is 60.2 Å². The molecule has 0 unspecified atom stereocenters. The Balaban J connectivity index is 1.25. The van der Waals surface area contributed by atoms with Gasteiger partial charge in [0, 0.05) is 53.4 Å². The maximum atomic E-state index is 5.25. The standard InChI is InChI=1S/C47H33N3S/c1-47(2)35-23-10-6-19-31(35)39-40-33-21-8-12-25-37(33)50(44(40)41-34-22-9-13-26-38(34)51-45(41)42(39)47)30-18-14-17-29(27-30)46-48-36-24-11-7-20-32(36)43(49-46)28-15-4-3-5-16-28/h3-8,10-21,23-27H,9,22H2,1-2H3. The van der Waals surface area contributed by atoms with Crippen LogP contribution in [0.25, 0.3) is 88.3 Å². The molecule has 3 aromatic heterocycles. The predicted molar refractivity (Wildman–Crippen MR) is 215 cm³/mol. The number of aryl methyl sites for hydroxylation is 1. The smallest absolute Gasteiger partial charge is 0.160 e. The summed E-state index contributed by atoms with van der Waals surface area (Å²) in [6.07, 6.45) is 6.84. The van der Waals surface area contributed by atoms with Crippen molar-refractivity contribution in [1.82, 2.24) is 14.5 Å². The molecule has 0 fully saturated rings. The third-order valence-corrected chi connectivity index (χ3v) is 12.4. The van der Waals surface area contributed by atoms with E-state index in [1.807, 2.05) is 11.3 Å². The van der Waals surface area contributed by atoms with Crippen molar-refractivity contribution in [3.63, 3.8) is 0 Å². The molecule has 242 valence electrons. The number of hydrogen-bond acceptors (Lipinski definition) is 3. The molecule has 6 aromatic carbocycles. The zero-order valence-electron chi connectivity index (χ0n) is 28.4. The molecule has 4 heteroatoms. The Bertz CT molecular complexity index is 2940. The van der Waals surface area contributed by atoms with Crippen LogP contribution in [0.2, 0.25) is 0 Å². The molecule has 0 bridgehead atoms. The Morgan fingerprint density at radius 1 is 0.706 bits per heavy atom. The zero-order valence-corrected chi connectivity index (χ0v) is 29.3. The largest absolute Gasteiger partial charge is 0.309 e. The summed E-state index contributed by atoms with van der Waals surface area (Å²) in [5, 5.41) is 5.13. The fourth-order valence-electron chi connectivity index (χ4n) is 9.00. The fourth-order valence-corrected chi connectivity index (χ4v) is 10.5. The second-order valence-electron chi connectivity index (χ2n) is 14.4. The Morgan fingerprint density at radius 3 is 2.37 bits per heavy atom. The van der Waals surface area contributed by atoms with Gasteiger partial charge in [0.05, 0.1) is 22.2 Å². The van der Waals surface area contributed by atoms with E-state index in [1.165, 1.54) is 64.6 Å². The molecule has 2 aliphatic rings. The van der Waals surface area contributed by atoms with Crippen LogP contribution in [0.4, 0.5) is 0 Å². The molecule has 51 heavy (non-hydrogen) atoms. The monoisotopic (exact) mass is 671 g/mol. The first kappa shape index (κ1) is 28.9.